The molecule has 0 bridgehead atoms. The highest BCUT2D eigenvalue weighted by atomic mass is 15.8. The molecular weight excluding hydrogens is 310 g/mol. The molecule has 0 amide bonds. The lowest BCUT2D eigenvalue weighted by Gasteiger charge is -2.24. The molecule has 0 saturated carbocycles. The Bertz CT molecular complexity index is 761. The van der Waals surface area contributed by atoms with Crippen LogP contribution in [0, 0.1) is 27.7 Å². The quantitative estimate of drug-likeness (QED) is 0.837. The molecule has 1 aliphatic heterocycles. The van der Waals surface area contributed by atoms with Crippen molar-refractivity contribution in [1.82, 2.24) is 10.5 Å². The lowest BCUT2D eigenvalue weighted by Crippen LogP contribution is -2.42. The van der Waals surface area contributed by atoms with E-state index in [1.54, 1.807) is 0 Å². The predicted octanol–water partition coefficient (Wildman–Crippen LogP) is 4.53. The molecule has 2 aromatic rings. The highest BCUT2D eigenvalue weighted by Crippen LogP contribution is 2.43. The number of aryl methyl sites for hydroxylation is 4. The van der Waals surface area contributed by atoms with Gasteiger partial charge < -0.3 is 5.32 Å². The van der Waals surface area contributed by atoms with Gasteiger partial charge in [-0.15, -0.1) is 5.53 Å². The SMILES string of the molecule is CCCNc1cc(C)nc2c1N(CC)NN2c1c(C)cc(C)cc1C. The minimum Gasteiger partial charge on any atom is -0.383 e. The van der Waals surface area contributed by atoms with E-state index in [-0.39, 0.29) is 0 Å². The lowest BCUT2D eigenvalue weighted by atomic mass is 10.0. The molecule has 1 aromatic carbocycles. The topological polar surface area (TPSA) is 43.4 Å². The first-order valence-electron chi connectivity index (χ1n) is 9.13. The van der Waals surface area contributed by atoms with E-state index in [1.165, 1.54) is 22.4 Å². The fourth-order valence-electron chi connectivity index (χ4n) is 3.59. The van der Waals surface area contributed by atoms with E-state index in [9.17, 15) is 0 Å². The normalized spacial score (nSPS) is 13.4. The maximum Gasteiger partial charge on any atom is 0.176 e. The summed E-state index contributed by atoms with van der Waals surface area (Å²) >= 11 is 0. The Morgan fingerprint density at radius 1 is 1.00 bits per heavy atom. The second kappa shape index (κ2) is 6.92. The molecule has 0 fully saturated rings. The molecule has 3 rings (SSSR count). The summed E-state index contributed by atoms with van der Waals surface area (Å²) in [5.41, 5.74) is 11.8. The fourth-order valence-corrected chi connectivity index (χ4v) is 3.59. The Morgan fingerprint density at radius 2 is 1.68 bits per heavy atom. The van der Waals surface area contributed by atoms with Gasteiger partial charge in [0.05, 0.1) is 11.4 Å². The molecule has 2 heterocycles. The maximum atomic E-state index is 4.86. The van der Waals surface area contributed by atoms with Gasteiger partial charge in [-0.3, -0.25) is 5.01 Å². The van der Waals surface area contributed by atoms with Gasteiger partial charge in [-0.25, -0.2) is 9.99 Å². The van der Waals surface area contributed by atoms with E-state index < -0.39 is 0 Å². The zero-order valence-electron chi connectivity index (χ0n) is 16.2. The van der Waals surface area contributed by atoms with Crippen molar-refractivity contribution in [2.75, 3.05) is 28.4 Å². The number of rotatable bonds is 5. The third-order valence-electron chi connectivity index (χ3n) is 4.55. The molecule has 0 radical (unpaired) electrons. The van der Waals surface area contributed by atoms with E-state index in [2.05, 4.69) is 80.6 Å². The summed E-state index contributed by atoms with van der Waals surface area (Å²) in [6, 6.07) is 6.59. The van der Waals surface area contributed by atoms with Crippen molar-refractivity contribution in [1.29, 1.82) is 0 Å². The molecule has 2 N–H and O–H groups in total. The van der Waals surface area contributed by atoms with Gasteiger partial charge in [-0.2, -0.15) is 0 Å². The van der Waals surface area contributed by atoms with Crippen molar-refractivity contribution >= 4 is 22.9 Å². The summed E-state index contributed by atoms with van der Waals surface area (Å²) in [4.78, 5) is 4.86. The second-order valence-electron chi connectivity index (χ2n) is 6.84. The molecule has 5 heteroatoms. The monoisotopic (exact) mass is 339 g/mol. The molecule has 0 aliphatic carbocycles. The molecule has 5 nitrogen and oxygen atoms in total. The van der Waals surface area contributed by atoms with E-state index in [0.717, 1.165) is 42.4 Å². The average Bonchev–Trinajstić information content (AvgIpc) is 2.90. The van der Waals surface area contributed by atoms with Crippen molar-refractivity contribution in [2.24, 2.45) is 0 Å². The number of pyridine rings is 1. The van der Waals surface area contributed by atoms with Gasteiger partial charge in [-0.05, 0) is 58.2 Å². The molecule has 1 aromatic heterocycles. The van der Waals surface area contributed by atoms with Crippen LogP contribution < -0.4 is 20.9 Å². The first-order chi connectivity index (χ1) is 12.0. The van der Waals surface area contributed by atoms with Crippen molar-refractivity contribution in [3.63, 3.8) is 0 Å². The molecule has 25 heavy (non-hydrogen) atoms. The summed E-state index contributed by atoms with van der Waals surface area (Å²) < 4.78 is 0. The lowest BCUT2D eigenvalue weighted by molar-refractivity contribution is 0.685. The molecular formula is C20H29N5. The van der Waals surface area contributed by atoms with Crippen molar-refractivity contribution < 1.29 is 0 Å². The molecule has 0 spiro atoms. The number of nitrogens with one attached hydrogen (secondary N) is 2. The van der Waals surface area contributed by atoms with Gasteiger partial charge in [0.1, 0.15) is 5.69 Å². The summed E-state index contributed by atoms with van der Waals surface area (Å²) in [6.45, 7) is 14.7. The first kappa shape index (κ1) is 17.5. The number of nitrogens with zero attached hydrogens (tertiary/aromatic N) is 3. The number of hydrazine groups is 2. The molecule has 0 saturated heterocycles. The van der Waals surface area contributed by atoms with Gasteiger partial charge in [0, 0.05) is 18.8 Å². The van der Waals surface area contributed by atoms with Gasteiger partial charge in [0.15, 0.2) is 5.82 Å². The van der Waals surface area contributed by atoms with Crippen LogP contribution in [0.4, 0.5) is 22.9 Å². The van der Waals surface area contributed by atoms with Crippen molar-refractivity contribution in [2.45, 2.75) is 48.0 Å². The third kappa shape index (κ3) is 3.16. The van der Waals surface area contributed by atoms with Crippen molar-refractivity contribution in [3.05, 3.63) is 40.6 Å². The van der Waals surface area contributed by atoms with Gasteiger partial charge >= 0.3 is 0 Å². The first-order valence-corrected chi connectivity index (χ1v) is 9.13. The minimum atomic E-state index is 0.860. The van der Waals surface area contributed by atoms with Gasteiger partial charge in [0.25, 0.3) is 0 Å². The number of fused-ring (bicyclic) bond motifs is 1. The van der Waals surface area contributed by atoms with E-state index in [1.807, 2.05) is 0 Å². The van der Waals surface area contributed by atoms with Crippen LogP contribution in [0.3, 0.4) is 0 Å². The smallest absolute Gasteiger partial charge is 0.176 e. The van der Waals surface area contributed by atoms with Crippen LogP contribution in [0.5, 0.6) is 0 Å². The third-order valence-corrected chi connectivity index (χ3v) is 4.55. The summed E-state index contributed by atoms with van der Waals surface area (Å²) in [6.07, 6.45) is 1.09. The highest BCUT2D eigenvalue weighted by Gasteiger charge is 2.32. The maximum absolute atomic E-state index is 4.86. The molecule has 0 unspecified atom stereocenters. The van der Waals surface area contributed by atoms with Gasteiger partial charge in [0.2, 0.25) is 0 Å². The molecule has 0 atom stereocenters. The Morgan fingerprint density at radius 3 is 2.28 bits per heavy atom. The Hall–Kier alpha value is -2.27. The van der Waals surface area contributed by atoms with Crippen molar-refractivity contribution in [3.8, 4) is 0 Å². The average molecular weight is 339 g/mol. The standard InChI is InChI=1S/C20H29N5/c1-7-9-21-17-12-16(6)22-20-19(17)24(8-2)23-25(20)18-14(4)10-13(3)11-15(18)5/h10-12,23H,7-9H2,1-6H3,(H,21,22). The van der Waals surface area contributed by atoms with Crippen LogP contribution in [-0.4, -0.2) is 18.1 Å². The predicted molar refractivity (Wildman–Crippen MR) is 107 cm³/mol. The number of hydrogen-bond donors (Lipinski definition) is 2. The van der Waals surface area contributed by atoms with E-state index >= 15 is 0 Å². The number of anilines is 4. The largest absolute Gasteiger partial charge is 0.383 e. The number of aromatic nitrogens is 1. The van der Waals surface area contributed by atoms with Crippen LogP contribution >= 0.6 is 0 Å². The van der Waals surface area contributed by atoms with Crippen LogP contribution in [0.1, 0.15) is 42.7 Å². The van der Waals surface area contributed by atoms with Gasteiger partial charge in [-0.1, -0.05) is 24.6 Å². The highest BCUT2D eigenvalue weighted by molar-refractivity contribution is 5.88. The number of hydrogen-bond acceptors (Lipinski definition) is 5. The Balaban J connectivity index is 2.15. The zero-order valence-corrected chi connectivity index (χ0v) is 16.2. The second-order valence-corrected chi connectivity index (χ2v) is 6.84. The van der Waals surface area contributed by atoms with Crippen LogP contribution in [0.25, 0.3) is 0 Å². The summed E-state index contributed by atoms with van der Waals surface area (Å²) in [5.74, 6) is 0.968. The molecule has 134 valence electrons. The number of benzene rings is 1. The van der Waals surface area contributed by atoms with Crippen LogP contribution in [-0.2, 0) is 0 Å². The van der Waals surface area contributed by atoms with E-state index in [4.69, 9.17) is 4.98 Å². The van der Waals surface area contributed by atoms with Crippen LogP contribution in [0.15, 0.2) is 18.2 Å². The minimum absolute atomic E-state index is 0.860. The molecule has 1 aliphatic rings. The van der Waals surface area contributed by atoms with Crippen LogP contribution in [0.2, 0.25) is 0 Å². The Labute approximate surface area is 151 Å². The fraction of sp³-hybridized carbons (Fsp3) is 0.450. The summed E-state index contributed by atoms with van der Waals surface area (Å²) in [5, 5.41) is 7.86. The Kier molecular flexibility index (Phi) is 4.86. The van der Waals surface area contributed by atoms with E-state index in [0.29, 0.717) is 0 Å². The zero-order chi connectivity index (χ0) is 18.1. The summed E-state index contributed by atoms with van der Waals surface area (Å²) in [7, 11) is 0.